The third-order valence-corrected chi connectivity index (χ3v) is 4.62. The highest BCUT2D eigenvalue weighted by Crippen LogP contribution is 2.38. The molecule has 2 aromatic rings. The van der Waals surface area contributed by atoms with Gasteiger partial charge in [-0.3, -0.25) is 9.69 Å². The number of nitro groups is 1. The van der Waals surface area contributed by atoms with Gasteiger partial charge in [-0.2, -0.15) is 0 Å². The molecule has 1 amide bonds. The van der Waals surface area contributed by atoms with Gasteiger partial charge in [0.2, 0.25) is 5.91 Å². The number of rotatable bonds is 7. The number of ether oxygens (including phenoxy) is 1. The molecule has 0 spiro atoms. The van der Waals surface area contributed by atoms with E-state index in [2.05, 4.69) is 20.3 Å². The average molecular weight is 420 g/mol. The molecule has 11 nitrogen and oxygen atoms in total. The van der Waals surface area contributed by atoms with Gasteiger partial charge < -0.3 is 25.9 Å². The maximum atomic E-state index is 12.1. The summed E-state index contributed by atoms with van der Waals surface area (Å²) in [6.45, 7) is 0. The van der Waals surface area contributed by atoms with Crippen molar-refractivity contribution in [2.75, 3.05) is 24.3 Å². The molecule has 2 heterocycles. The van der Waals surface area contributed by atoms with Gasteiger partial charge in [0, 0.05) is 26.2 Å². The molecule has 1 aliphatic carbocycles. The highest BCUT2D eigenvalue weighted by Gasteiger charge is 2.33. The Morgan fingerprint density at radius 1 is 1.38 bits per heavy atom. The zero-order valence-corrected chi connectivity index (χ0v) is 16.4. The number of pyridine rings is 1. The zero-order chi connectivity index (χ0) is 21.1. The Morgan fingerprint density at radius 3 is 2.62 bits per heavy atom. The fourth-order valence-corrected chi connectivity index (χ4v) is 2.79. The number of hydrogen-bond donors (Lipinski definition) is 2. The second-order valence-electron chi connectivity index (χ2n) is 6.21. The molecule has 2 aromatic heterocycles. The fourth-order valence-electron chi connectivity index (χ4n) is 2.52. The van der Waals surface area contributed by atoms with Crippen LogP contribution in [0.1, 0.15) is 18.5 Å². The lowest BCUT2D eigenvalue weighted by Gasteiger charge is -2.16. The maximum absolute atomic E-state index is 12.1. The Kier molecular flexibility index (Phi) is 5.78. The smallest absolute Gasteiger partial charge is 0.388 e. The molecular weight excluding hydrogens is 402 g/mol. The van der Waals surface area contributed by atoms with E-state index in [9.17, 15) is 14.9 Å². The first kappa shape index (κ1) is 20.3. The van der Waals surface area contributed by atoms with Crippen molar-refractivity contribution >= 4 is 40.6 Å². The molecule has 3 rings (SSSR count). The monoisotopic (exact) mass is 419 g/mol. The Bertz CT molecular complexity index is 976. The summed E-state index contributed by atoms with van der Waals surface area (Å²) in [5, 5.41) is 13.6. The second kappa shape index (κ2) is 8.27. The number of nitrogens with zero attached hydrogens (tertiary/aromatic N) is 5. The summed E-state index contributed by atoms with van der Waals surface area (Å²) in [4.78, 5) is 36.2. The third-order valence-electron chi connectivity index (χ3n) is 4.25. The van der Waals surface area contributed by atoms with Gasteiger partial charge in [-0.1, -0.05) is 11.6 Å². The van der Waals surface area contributed by atoms with Crippen molar-refractivity contribution in [1.29, 1.82) is 0 Å². The van der Waals surface area contributed by atoms with Crippen molar-refractivity contribution < 1.29 is 14.5 Å². The third kappa shape index (κ3) is 4.19. The van der Waals surface area contributed by atoms with E-state index < -0.39 is 10.7 Å². The minimum atomic E-state index is -0.662. The minimum Gasteiger partial charge on any atom is -0.448 e. The molecule has 0 radical (unpaired) electrons. The molecule has 12 heteroatoms. The van der Waals surface area contributed by atoms with E-state index in [-0.39, 0.29) is 39.7 Å². The summed E-state index contributed by atoms with van der Waals surface area (Å²) in [6.07, 6.45) is 6.88. The van der Waals surface area contributed by atoms with Crippen LogP contribution in [0.2, 0.25) is 5.02 Å². The standard InChI is InChI=1S/C17H18ClN7O4/c1-20-15-14(18)12(7-23-16(15)25(27)28)29-11(5-19)10-6-22-13(8-21-10)24(2)17(26)9-3-4-9/h5-9,20H,3-4,19H2,1-2H3. The lowest BCUT2D eigenvalue weighted by molar-refractivity contribution is -0.388. The van der Waals surface area contributed by atoms with Crippen molar-refractivity contribution in [3.05, 3.63) is 45.6 Å². The topological polar surface area (TPSA) is 149 Å². The molecule has 3 N–H and O–H groups in total. The number of carbonyl (C=O) groups excluding carboxylic acids is 1. The largest absolute Gasteiger partial charge is 0.448 e. The second-order valence-corrected chi connectivity index (χ2v) is 6.58. The summed E-state index contributed by atoms with van der Waals surface area (Å²) >= 11 is 6.20. The molecule has 0 aliphatic heterocycles. The van der Waals surface area contributed by atoms with Crippen LogP contribution in [0.25, 0.3) is 5.76 Å². The first-order valence-corrected chi connectivity index (χ1v) is 8.95. The van der Waals surface area contributed by atoms with Gasteiger partial charge in [0.05, 0.1) is 12.4 Å². The molecular formula is C17H18ClN7O4. The van der Waals surface area contributed by atoms with Gasteiger partial charge in [0.1, 0.15) is 10.7 Å². The van der Waals surface area contributed by atoms with Gasteiger partial charge in [-0.15, -0.1) is 0 Å². The SMILES string of the molecule is CNc1c([N+](=O)[O-])ncc(OC(=CN)c2cnc(N(C)C(=O)C3CC3)cn2)c1Cl. The van der Waals surface area contributed by atoms with Crippen molar-refractivity contribution in [1.82, 2.24) is 15.0 Å². The van der Waals surface area contributed by atoms with Crippen LogP contribution in [0.15, 0.2) is 24.8 Å². The Balaban J connectivity index is 1.82. The van der Waals surface area contributed by atoms with Gasteiger partial charge in [0.15, 0.2) is 29.2 Å². The van der Waals surface area contributed by atoms with E-state index in [4.69, 9.17) is 22.1 Å². The maximum Gasteiger partial charge on any atom is 0.388 e. The van der Waals surface area contributed by atoms with Crippen LogP contribution in [-0.4, -0.2) is 39.9 Å². The first-order chi connectivity index (χ1) is 13.9. The Hall–Kier alpha value is -3.47. The van der Waals surface area contributed by atoms with E-state index in [1.165, 1.54) is 24.3 Å². The normalized spacial score (nSPS) is 13.7. The summed E-state index contributed by atoms with van der Waals surface area (Å²) in [7, 11) is 3.12. The van der Waals surface area contributed by atoms with Gasteiger partial charge in [0.25, 0.3) is 0 Å². The van der Waals surface area contributed by atoms with E-state index >= 15 is 0 Å². The molecule has 0 atom stereocenters. The number of carbonyl (C=O) groups is 1. The molecule has 1 saturated carbocycles. The average Bonchev–Trinajstić information content (AvgIpc) is 3.57. The van der Waals surface area contributed by atoms with E-state index in [1.807, 2.05) is 0 Å². The zero-order valence-electron chi connectivity index (χ0n) is 15.6. The molecule has 0 saturated heterocycles. The number of nitrogens with two attached hydrogens (primary N) is 1. The van der Waals surface area contributed by atoms with Crippen LogP contribution >= 0.6 is 11.6 Å². The molecule has 1 fully saturated rings. The molecule has 152 valence electrons. The van der Waals surface area contributed by atoms with Crippen LogP contribution in [0.5, 0.6) is 5.75 Å². The first-order valence-electron chi connectivity index (χ1n) is 8.57. The van der Waals surface area contributed by atoms with E-state index in [1.54, 1.807) is 7.05 Å². The van der Waals surface area contributed by atoms with Crippen molar-refractivity contribution in [2.24, 2.45) is 11.7 Å². The lowest BCUT2D eigenvalue weighted by atomic mass is 10.3. The van der Waals surface area contributed by atoms with Crippen molar-refractivity contribution in [2.45, 2.75) is 12.8 Å². The van der Waals surface area contributed by atoms with E-state index in [0.717, 1.165) is 25.2 Å². The summed E-state index contributed by atoms with van der Waals surface area (Å²) in [5.74, 6) is 0.180. The molecule has 0 unspecified atom stereocenters. The van der Waals surface area contributed by atoms with E-state index in [0.29, 0.717) is 5.82 Å². The Morgan fingerprint density at radius 2 is 2.10 bits per heavy atom. The van der Waals surface area contributed by atoms with Gasteiger partial charge in [-0.25, -0.2) is 9.97 Å². The number of amides is 1. The number of hydrogen-bond acceptors (Lipinski definition) is 9. The van der Waals surface area contributed by atoms with Crippen LogP contribution in [0, 0.1) is 16.0 Å². The summed E-state index contributed by atoms with van der Waals surface area (Å²) in [5.41, 5.74) is 5.93. The Labute approximate surface area is 170 Å². The predicted octanol–water partition coefficient (Wildman–Crippen LogP) is 2.18. The number of halogens is 1. The predicted molar refractivity (Wildman–Crippen MR) is 106 cm³/mol. The summed E-state index contributed by atoms with van der Waals surface area (Å²) < 4.78 is 5.65. The lowest BCUT2D eigenvalue weighted by Crippen LogP contribution is -2.28. The quantitative estimate of drug-likeness (QED) is 0.391. The molecule has 0 aromatic carbocycles. The highest BCUT2D eigenvalue weighted by molar-refractivity contribution is 6.35. The highest BCUT2D eigenvalue weighted by atomic mass is 35.5. The number of nitrogens with one attached hydrogen (secondary N) is 1. The molecule has 0 bridgehead atoms. The van der Waals surface area contributed by atoms with Gasteiger partial charge >= 0.3 is 5.82 Å². The molecule has 29 heavy (non-hydrogen) atoms. The van der Waals surface area contributed by atoms with Crippen molar-refractivity contribution in [3.63, 3.8) is 0 Å². The van der Waals surface area contributed by atoms with Crippen LogP contribution < -0.4 is 20.7 Å². The van der Waals surface area contributed by atoms with Crippen LogP contribution in [0.4, 0.5) is 17.3 Å². The van der Waals surface area contributed by atoms with Crippen LogP contribution in [-0.2, 0) is 4.79 Å². The van der Waals surface area contributed by atoms with Crippen molar-refractivity contribution in [3.8, 4) is 5.75 Å². The molecule has 1 aliphatic rings. The minimum absolute atomic E-state index is 0.00113. The number of aromatic nitrogens is 3. The number of anilines is 2. The van der Waals surface area contributed by atoms with Crippen LogP contribution in [0.3, 0.4) is 0 Å². The fraction of sp³-hybridized carbons (Fsp3) is 0.294. The van der Waals surface area contributed by atoms with Gasteiger partial charge in [-0.05, 0) is 22.7 Å². The summed E-state index contributed by atoms with van der Waals surface area (Å²) in [6, 6.07) is 0.